The van der Waals surface area contributed by atoms with Crippen LogP contribution in [0.5, 0.6) is 0 Å². The van der Waals surface area contributed by atoms with Gasteiger partial charge in [-0.2, -0.15) is 0 Å². The third kappa shape index (κ3) is 5.49. The lowest BCUT2D eigenvalue weighted by atomic mass is 9.75. The Kier molecular flexibility index (Phi) is 7.41. The van der Waals surface area contributed by atoms with Gasteiger partial charge in [-0.15, -0.1) is 20.5 Å². The number of fused-ring (bicyclic) bond motifs is 2. The van der Waals surface area contributed by atoms with E-state index in [1.54, 1.807) is 0 Å². The van der Waals surface area contributed by atoms with Crippen molar-refractivity contribution in [3.63, 3.8) is 0 Å². The molecule has 3 fully saturated rings. The van der Waals surface area contributed by atoms with Crippen molar-refractivity contribution in [2.75, 3.05) is 13.2 Å². The van der Waals surface area contributed by atoms with E-state index < -0.39 is 22.2 Å². The first kappa shape index (κ1) is 28.5. The van der Waals surface area contributed by atoms with Gasteiger partial charge in [0.25, 0.3) is 0 Å². The lowest BCUT2D eigenvalue weighted by Crippen LogP contribution is -2.59. The van der Waals surface area contributed by atoms with Gasteiger partial charge in [-0.05, 0) is 99.3 Å². The molecule has 2 aliphatic carbocycles. The van der Waals surface area contributed by atoms with Gasteiger partial charge >= 0.3 is 11.9 Å². The Morgan fingerprint density at radius 2 is 0.946 bits per heavy atom. The first-order chi connectivity index (χ1) is 16.9. The summed E-state index contributed by atoms with van der Waals surface area (Å²) in [5, 5.41) is 27.6. The minimum atomic E-state index is -0.622. The van der Waals surface area contributed by atoms with Crippen LogP contribution in [0.3, 0.4) is 0 Å². The normalized spacial score (nSPS) is 35.0. The molecule has 2 bridgehead atoms. The number of hydroxylamine groups is 4. The first-order valence-electron chi connectivity index (χ1n) is 13.9. The molecule has 0 amide bonds. The van der Waals surface area contributed by atoms with Gasteiger partial charge in [-0.25, -0.2) is 0 Å². The largest absolute Gasteiger partial charge is 0.465 e. The Morgan fingerprint density at radius 3 is 1.24 bits per heavy atom. The highest BCUT2D eigenvalue weighted by Gasteiger charge is 2.51. The summed E-state index contributed by atoms with van der Waals surface area (Å²) in [6.45, 7) is 15.7. The average molecular weight is 519 g/mol. The summed E-state index contributed by atoms with van der Waals surface area (Å²) in [6, 6.07) is 0. The Bertz CT molecular complexity index is 817. The highest BCUT2D eigenvalue weighted by molar-refractivity contribution is 5.73. The lowest BCUT2D eigenvalue weighted by Gasteiger charge is -2.49. The second-order valence-electron chi connectivity index (χ2n) is 14.6. The van der Waals surface area contributed by atoms with Gasteiger partial charge in [0.2, 0.25) is 0 Å². The molecule has 0 aromatic carbocycles. The van der Waals surface area contributed by atoms with Crippen LogP contribution >= 0.6 is 0 Å². The predicted molar refractivity (Wildman–Crippen MR) is 136 cm³/mol. The number of hydrogen-bond donors (Lipinski definition) is 0. The molecule has 0 aromatic rings. The smallest absolute Gasteiger partial charge is 0.309 e. The zero-order valence-electron chi connectivity index (χ0n) is 23.9. The number of piperidine rings is 2. The van der Waals surface area contributed by atoms with E-state index in [1.165, 1.54) is 0 Å². The fourth-order valence-electron chi connectivity index (χ4n) is 7.97. The molecule has 8 nitrogen and oxygen atoms in total. The molecule has 0 unspecified atom stereocenters. The van der Waals surface area contributed by atoms with Crippen LogP contribution in [0.2, 0.25) is 0 Å². The average Bonchev–Trinajstić information content (AvgIpc) is 3.38. The molecule has 2 saturated heterocycles. The maximum Gasteiger partial charge on any atom is 0.309 e. The van der Waals surface area contributed by atoms with E-state index in [-0.39, 0.29) is 35.6 Å². The van der Waals surface area contributed by atoms with Crippen molar-refractivity contribution in [2.24, 2.45) is 35.5 Å². The zero-order valence-corrected chi connectivity index (χ0v) is 23.9. The van der Waals surface area contributed by atoms with E-state index in [4.69, 9.17) is 9.47 Å². The van der Waals surface area contributed by atoms with Crippen molar-refractivity contribution in [1.29, 1.82) is 0 Å². The highest BCUT2D eigenvalue weighted by Crippen LogP contribution is 2.49. The second kappa shape index (κ2) is 9.61. The molecule has 0 N–H and O–H groups in total. The number of esters is 2. The van der Waals surface area contributed by atoms with Crippen LogP contribution in [0.1, 0.15) is 87.5 Å². The summed E-state index contributed by atoms with van der Waals surface area (Å²) >= 11 is 0. The molecule has 2 radical (unpaired) electrons. The number of nitrogens with zero attached hydrogens (tertiary/aromatic N) is 2. The predicted octanol–water partition coefficient (Wildman–Crippen LogP) is 4.74. The summed E-state index contributed by atoms with van der Waals surface area (Å²) in [6.07, 6.45) is 7.32. The van der Waals surface area contributed by atoms with Crippen molar-refractivity contribution in [3.8, 4) is 0 Å². The monoisotopic (exact) mass is 518 g/mol. The molecule has 0 spiro atoms. The summed E-state index contributed by atoms with van der Waals surface area (Å²) < 4.78 is 11.8. The molecule has 4 rings (SSSR count). The lowest BCUT2D eigenvalue weighted by molar-refractivity contribution is -0.293. The SMILES string of the molecule is CC1(C)CC(C(=O)OC[C@@H]2[C@H](COC(=O)C3CC(C)(C)N([O])C(C)(C)C3)[C@@H]3C=C[C@H]2C3)CC(C)(C)N1[O]. The van der Waals surface area contributed by atoms with Crippen LogP contribution in [-0.4, -0.2) is 57.4 Å². The molecular weight excluding hydrogens is 472 g/mol. The minimum Gasteiger partial charge on any atom is -0.465 e. The van der Waals surface area contributed by atoms with E-state index in [9.17, 15) is 20.0 Å². The van der Waals surface area contributed by atoms with Crippen molar-refractivity contribution in [3.05, 3.63) is 12.2 Å². The molecule has 1 saturated carbocycles. The van der Waals surface area contributed by atoms with Gasteiger partial charge in [0, 0.05) is 34.0 Å². The van der Waals surface area contributed by atoms with Crippen LogP contribution < -0.4 is 0 Å². The van der Waals surface area contributed by atoms with E-state index in [0.29, 0.717) is 50.7 Å². The van der Waals surface area contributed by atoms with Crippen molar-refractivity contribution in [1.82, 2.24) is 10.1 Å². The number of carbonyl (C=O) groups excluding carboxylic acids is 2. The van der Waals surface area contributed by atoms with Crippen LogP contribution in [0.15, 0.2) is 12.2 Å². The number of ether oxygens (including phenoxy) is 2. The van der Waals surface area contributed by atoms with Crippen LogP contribution in [0.4, 0.5) is 0 Å². The van der Waals surface area contributed by atoms with Gasteiger partial charge in [-0.3, -0.25) is 9.59 Å². The summed E-state index contributed by atoms with van der Waals surface area (Å²) in [5.74, 6) is -0.207. The van der Waals surface area contributed by atoms with Crippen molar-refractivity contribution >= 4 is 11.9 Å². The molecule has 208 valence electrons. The van der Waals surface area contributed by atoms with Gasteiger partial charge in [0.1, 0.15) is 0 Å². The maximum absolute atomic E-state index is 13.1. The standard InChI is InChI=1S/C29H46N2O6/c1-26(2)12-20(13-27(3,4)30(26)34)24(32)36-16-22-18-9-10-19(11-18)23(22)17-37-25(33)21-14-28(5,6)31(35)29(7,8)15-21/h9-10,18-23H,11-17H2,1-8H3/t18-,19+,22-,23+. The third-order valence-electron chi connectivity index (χ3n) is 9.49. The van der Waals surface area contributed by atoms with Crippen molar-refractivity contribution in [2.45, 2.75) is 110 Å². The van der Waals surface area contributed by atoms with E-state index in [1.807, 2.05) is 55.4 Å². The topological polar surface area (TPSA) is 98.9 Å². The molecule has 4 aliphatic rings. The van der Waals surface area contributed by atoms with Gasteiger partial charge in [0.05, 0.1) is 25.0 Å². The van der Waals surface area contributed by atoms with E-state index >= 15 is 0 Å². The molecular formula is C29H46N2O6. The molecule has 8 heteroatoms. The molecule has 2 heterocycles. The molecule has 0 aromatic heterocycles. The fraction of sp³-hybridized carbons (Fsp3) is 0.862. The van der Waals surface area contributed by atoms with E-state index in [0.717, 1.165) is 16.5 Å². The van der Waals surface area contributed by atoms with Crippen molar-refractivity contribution < 1.29 is 29.5 Å². The van der Waals surface area contributed by atoms with Gasteiger partial charge in [-0.1, -0.05) is 12.2 Å². The van der Waals surface area contributed by atoms with Crippen LogP contribution in [0.25, 0.3) is 0 Å². The Balaban J connectivity index is 1.34. The molecule has 4 atom stereocenters. The summed E-state index contributed by atoms with van der Waals surface area (Å²) in [4.78, 5) is 26.2. The number of rotatable bonds is 6. The summed E-state index contributed by atoms with van der Waals surface area (Å²) in [5.41, 5.74) is -2.49. The quantitative estimate of drug-likeness (QED) is 0.372. The van der Waals surface area contributed by atoms with Gasteiger partial charge < -0.3 is 9.47 Å². The number of allylic oxidation sites excluding steroid dienone is 2. The van der Waals surface area contributed by atoms with Crippen LogP contribution in [0, 0.1) is 35.5 Å². The number of hydrogen-bond acceptors (Lipinski definition) is 6. The molecule has 2 aliphatic heterocycles. The fourth-order valence-corrected chi connectivity index (χ4v) is 7.97. The Morgan fingerprint density at radius 1 is 0.649 bits per heavy atom. The zero-order chi connectivity index (χ0) is 27.6. The Hall–Kier alpha value is -1.48. The Labute approximate surface area is 222 Å². The van der Waals surface area contributed by atoms with Crippen LogP contribution in [-0.2, 0) is 29.5 Å². The summed E-state index contributed by atoms with van der Waals surface area (Å²) in [7, 11) is 0. The first-order valence-corrected chi connectivity index (χ1v) is 13.9. The second-order valence-corrected chi connectivity index (χ2v) is 14.6. The number of carbonyl (C=O) groups is 2. The maximum atomic E-state index is 13.1. The van der Waals surface area contributed by atoms with Gasteiger partial charge in [0.15, 0.2) is 0 Å². The van der Waals surface area contributed by atoms with E-state index in [2.05, 4.69) is 12.2 Å². The highest BCUT2D eigenvalue weighted by atomic mass is 16.5. The molecule has 37 heavy (non-hydrogen) atoms. The third-order valence-corrected chi connectivity index (χ3v) is 9.49. The minimum absolute atomic E-state index is 0.115.